The van der Waals surface area contributed by atoms with Crippen LogP contribution in [0.3, 0.4) is 0 Å². The number of aromatic nitrogens is 4. The van der Waals surface area contributed by atoms with Crippen molar-refractivity contribution in [2.24, 2.45) is 0 Å². The Morgan fingerprint density at radius 2 is 1.80 bits per heavy atom. The lowest BCUT2D eigenvalue weighted by molar-refractivity contribution is 0.587. The van der Waals surface area contributed by atoms with Crippen LogP contribution in [0.4, 0.5) is 0 Å². The number of hydrogen-bond acceptors (Lipinski definition) is 5. The van der Waals surface area contributed by atoms with E-state index in [1.165, 1.54) is 18.9 Å². The lowest BCUT2D eigenvalue weighted by Crippen LogP contribution is -2.13. The first-order chi connectivity index (χ1) is 9.51. The quantitative estimate of drug-likeness (QED) is 0.640. The molecule has 9 heteroatoms. The first kappa shape index (κ1) is 13.7. The van der Waals surface area contributed by atoms with Crippen molar-refractivity contribution < 1.29 is 8.42 Å². The van der Waals surface area contributed by atoms with Gasteiger partial charge in [0.1, 0.15) is 23.1 Å². The van der Waals surface area contributed by atoms with Crippen molar-refractivity contribution in [3.63, 3.8) is 0 Å². The second-order valence-corrected chi connectivity index (χ2v) is 7.29. The molecule has 20 heavy (non-hydrogen) atoms. The molecule has 0 aliphatic rings. The molecule has 2 aromatic heterocycles. The first-order valence-electron chi connectivity index (χ1n) is 5.34. The monoisotopic (exact) mass is 416 g/mol. The summed E-state index contributed by atoms with van der Waals surface area (Å²) in [6.45, 7) is 0. The molecular formula is C11H6Br2N4O2S. The van der Waals surface area contributed by atoms with E-state index < -0.39 is 10.0 Å². The summed E-state index contributed by atoms with van der Waals surface area (Å²) in [4.78, 5) is 11.9. The molecule has 0 fully saturated rings. The minimum atomic E-state index is -3.80. The van der Waals surface area contributed by atoms with E-state index in [-0.39, 0.29) is 4.90 Å². The second-order valence-electron chi connectivity index (χ2n) is 3.83. The fourth-order valence-electron chi connectivity index (χ4n) is 1.76. The molecule has 0 atom stereocenters. The highest BCUT2D eigenvalue weighted by Gasteiger charge is 2.25. The van der Waals surface area contributed by atoms with E-state index in [9.17, 15) is 8.42 Å². The van der Waals surface area contributed by atoms with Crippen molar-refractivity contribution in [3.8, 4) is 0 Å². The van der Waals surface area contributed by atoms with Crippen LogP contribution >= 0.6 is 31.9 Å². The maximum absolute atomic E-state index is 12.8. The van der Waals surface area contributed by atoms with Crippen LogP contribution in [-0.4, -0.2) is 27.3 Å². The van der Waals surface area contributed by atoms with Gasteiger partial charge >= 0.3 is 0 Å². The summed E-state index contributed by atoms with van der Waals surface area (Å²) in [7, 11) is -3.80. The Balaban J connectivity index is 2.33. The third-order valence-corrected chi connectivity index (χ3v) is 6.24. The lowest BCUT2D eigenvalue weighted by atomic mass is 10.4. The van der Waals surface area contributed by atoms with Crippen molar-refractivity contribution in [1.29, 1.82) is 0 Å². The van der Waals surface area contributed by atoms with Crippen LogP contribution in [0.15, 0.2) is 50.9 Å². The van der Waals surface area contributed by atoms with Gasteiger partial charge in [0.25, 0.3) is 10.0 Å². The molecule has 6 nitrogen and oxygen atoms in total. The van der Waals surface area contributed by atoms with E-state index in [1.807, 2.05) is 0 Å². The van der Waals surface area contributed by atoms with Gasteiger partial charge < -0.3 is 0 Å². The number of benzene rings is 1. The summed E-state index contributed by atoms with van der Waals surface area (Å²) >= 11 is 6.52. The van der Waals surface area contributed by atoms with Crippen molar-refractivity contribution in [3.05, 3.63) is 46.0 Å². The summed E-state index contributed by atoms with van der Waals surface area (Å²) < 4.78 is 27.5. The zero-order valence-corrected chi connectivity index (χ0v) is 13.7. The minimum absolute atomic E-state index is 0.128. The summed E-state index contributed by atoms with van der Waals surface area (Å²) in [6.07, 6.45) is 3.96. The fourth-order valence-corrected chi connectivity index (χ4v) is 5.37. The lowest BCUT2D eigenvalue weighted by Gasteiger charge is -2.09. The van der Waals surface area contributed by atoms with Gasteiger partial charge in [-0.1, -0.05) is 6.07 Å². The van der Waals surface area contributed by atoms with Crippen LogP contribution in [0.5, 0.6) is 0 Å². The predicted molar refractivity (Wildman–Crippen MR) is 79.7 cm³/mol. The van der Waals surface area contributed by atoms with E-state index in [1.54, 1.807) is 18.2 Å². The highest BCUT2D eigenvalue weighted by molar-refractivity contribution is 9.11. The largest absolute Gasteiger partial charge is 0.271 e. The summed E-state index contributed by atoms with van der Waals surface area (Å²) in [5.41, 5.74) is 0.655. The number of imidazole rings is 1. The standard InChI is InChI=1S/C11H6Br2N4O2S/c12-7-2-1-3-8(13)10(7)20(18,19)17-6-16-11-9(17)4-14-5-15-11/h1-6H. The molecule has 0 N–H and O–H groups in total. The molecule has 3 aromatic rings. The average molecular weight is 418 g/mol. The second kappa shape index (κ2) is 4.90. The molecule has 0 bridgehead atoms. The number of nitrogens with zero attached hydrogens (tertiary/aromatic N) is 4. The molecule has 1 aromatic carbocycles. The normalized spacial score (nSPS) is 11.9. The molecule has 0 saturated heterocycles. The van der Waals surface area contributed by atoms with Crippen molar-refractivity contribution in [1.82, 2.24) is 18.9 Å². The van der Waals surface area contributed by atoms with Gasteiger partial charge in [0, 0.05) is 8.95 Å². The zero-order chi connectivity index (χ0) is 14.3. The first-order valence-corrected chi connectivity index (χ1v) is 8.37. The average Bonchev–Trinajstić information content (AvgIpc) is 2.82. The van der Waals surface area contributed by atoms with E-state index in [2.05, 4.69) is 46.8 Å². The molecule has 0 aliphatic heterocycles. The van der Waals surface area contributed by atoms with Gasteiger partial charge in [0.05, 0.1) is 6.20 Å². The SMILES string of the molecule is O=S(=O)(c1c(Br)cccc1Br)n1cnc2ncncc21. The molecule has 0 saturated carbocycles. The van der Waals surface area contributed by atoms with E-state index in [4.69, 9.17) is 0 Å². The van der Waals surface area contributed by atoms with Crippen molar-refractivity contribution in [2.75, 3.05) is 0 Å². The van der Waals surface area contributed by atoms with Crippen LogP contribution in [0, 0.1) is 0 Å². The van der Waals surface area contributed by atoms with Gasteiger partial charge in [-0.2, -0.15) is 0 Å². The summed E-state index contributed by atoms with van der Waals surface area (Å²) in [5.74, 6) is 0. The van der Waals surface area contributed by atoms with Crippen LogP contribution in [0.2, 0.25) is 0 Å². The Kier molecular flexibility index (Phi) is 3.35. The van der Waals surface area contributed by atoms with Gasteiger partial charge in [-0.15, -0.1) is 0 Å². The van der Waals surface area contributed by atoms with E-state index in [0.717, 1.165) is 3.97 Å². The topological polar surface area (TPSA) is 77.7 Å². The van der Waals surface area contributed by atoms with E-state index in [0.29, 0.717) is 20.1 Å². The molecule has 0 unspecified atom stereocenters. The van der Waals surface area contributed by atoms with Gasteiger partial charge in [0.15, 0.2) is 5.65 Å². The summed E-state index contributed by atoms with van der Waals surface area (Å²) in [6, 6.07) is 5.06. The van der Waals surface area contributed by atoms with Gasteiger partial charge in [-0.05, 0) is 44.0 Å². The molecule has 3 rings (SSSR count). The van der Waals surface area contributed by atoms with Crippen LogP contribution in [0.25, 0.3) is 11.2 Å². The molecule has 0 radical (unpaired) electrons. The summed E-state index contributed by atoms with van der Waals surface area (Å²) in [5, 5.41) is 0. The van der Waals surface area contributed by atoms with Crippen LogP contribution in [-0.2, 0) is 10.0 Å². The molecule has 102 valence electrons. The Morgan fingerprint density at radius 3 is 2.50 bits per heavy atom. The van der Waals surface area contributed by atoms with Crippen molar-refractivity contribution in [2.45, 2.75) is 4.90 Å². The Labute approximate surface area is 131 Å². The smallest absolute Gasteiger partial charge is 0.242 e. The molecular weight excluding hydrogens is 412 g/mol. The van der Waals surface area contributed by atoms with Crippen molar-refractivity contribution >= 4 is 53.0 Å². The van der Waals surface area contributed by atoms with Crippen LogP contribution < -0.4 is 0 Å². The van der Waals surface area contributed by atoms with Gasteiger partial charge in [0.2, 0.25) is 0 Å². The van der Waals surface area contributed by atoms with Gasteiger partial charge in [-0.25, -0.2) is 27.3 Å². The third kappa shape index (κ3) is 2.05. The minimum Gasteiger partial charge on any atom is -0.242 e. The predicted octanol–water partition coefficient (Wildman–Crippen LogP) is 2.59. The Bertz CT molecular complexity index is 887. The van der Waals surface area contributed by atoms with Crippen LogP contribution in [0.1, 0.15) is 0 Å². The maximum Gasteiger partial charge on any atom is 0.271 e. The number of rotatable bonds is 2. The molecule has 0 spiro atoms. The maximum atomic E-state index is 12.8. The Morgan fingerprint density at radius 1 is 1.10 bits per heavy atom. The number of halogens is 2. The zero-order valence-electron chi connectivity index (χ0n) is 9.73. The van der Waals surface area contributed by atoms with Gasteiger partial charge in [-0.3, -0.25) is 0 Å². The highest BCUT2D eigenvalue weighted by Crippen LogP contribution is 2.32. The highest BCUT2D eigenvalue weighted by atomic mass is 79.9. The Hall–Kier alpha value is -1.32. The number of hydrogen-bond donors (Lipinski definition) is 0. The molecule has 0 aliphatic carbocycles. The molecule has 0 amide bonds. The number of fused-ring (bicyclic) bond motifs is 1. The fraction of sp³-hybridized carbons (Fsp3) is 0. The third-order valence-electron chi connectivity index (χ3n) is 2.63. The molecule has 2 heterocycles. The van der Waals surface area contributed by atoms with E-state index >= 15 is 0 Å².